The molecule has 4 rings (SSSR count). The number of hydrogen-bond donors (Lipinski definition) is 0. The van der Waals surface area contributed by atoms with Crippen molar-refractivity contribution in [2.45, 2.75) is 58.2 Å². The minimum absolute atomic E-state index is 0.478. The van der Waals surface area contributed by atoms with E-state index in [9.17, 15) is 0 Å². The number of likely N-dealkylation sites (N-methyl/N-ethyl adjacent to an activating group) is 2. The Labute approximate surface area is 174 Å². The largest absolute Gasteiger partial charge is 0.368 e. The van der Waals surface area contributed by atoms with Crippen LogP contribution in [-0.2, 0) is 6.54 Å². The van der Waals surface area contributed by atoms with Gasteiger partial charge >= 0.3 is 0 Å². The Morgan fingerprint density at radius 1 is 0.828 bits per heavy atom. The van der Waals surface area contributed by atoms with Gasteiger partial charge in [-0.2, -0.15) is 0 Å². The van der Waals surface area contributed by atoms with Crippen molar-refractivity contribution in [2.24, 2.45) is 0 Å². The predicted molar refractivity (Wildman–Crippen MR) is 121 cm³/mol. The maximum absolute atomic E-state index is 4.87. The van der Waals surface area contributed by atoms with Gasteiger partial charge in [-0.05, 0) is 58.0 Å². The highest BCUT2D eigenvalue weighted by Crippen LogP contribution is 2.33. The van der Waals surface area contributed by atoms with Gasteiger partial charge in [0, 0.05) is 42.5 Å². The van der Waals surface area contributed by atoms with Crippen LogP contribution < -0.4 is 4.90 Å². The fourth-order valence-electron chi connectivity index (χ4n) is 4.81. The molecule has 2 atom stereocenters. The van der Waals surface area contributed by atoms with Gasteiger partial charge < -0.3 is 4.90 Å². The van der Waals surface area contributed by atoms with Crippen LogP contribution in [0.3, 0.4) is 0 Å². The van der Waals surface area contributed by atoms with E-state index in [1.54, 1.807) is 0 Å². The smallest absolute Gasteiger partial charge is 0.0938 e. The maximum atomic E-state index is 4.87. The van der Waals surface area contributed by atoms with Gasteiger partial charge in [-0.1, -0.05) is 37.1 Å². The van der Waals surface area contributed by atoms with Crippen molar-refractivity contribution in [2.75, 3.05) is 19.0 Å². The SMILES string of the molecule is Cc1cccc(CN(C)C2CCCCC2N(C)c2cccc3ccc(C)nc23)n1. The molecule has 152 valence electrons. The lowest BCUT2D eigenvalue weighted by molar-refractivity contribution is 0.158. The zero-order chi connectivity index (χ0) is 20.4. The first-order chi connectivity index (χ1) is 14.0. The Balaban J connectivity index is 1.61. The van der Waals surface area contributed by atoms with Crippen molar-refractivity contribution in [3.05, 3.63) is 65.6 Å². The summed E-state index contributed by atoms with van der Waals surface area (Å²) in [5.74, 6) is 0. The van der Waals surface area contributed by atoms with Crippen LogP contribution in [0.25, 0.3) is 10.9 Å². The van der Waals surface area contributed by atoms with E-state index in [2.05, 4.69) is 86.3 Å². The highest BCUT2D eigenvalue weighted by Gasteiger charge is 2.32. The summed E-state index contributed by atoms with van der Waals surface area (Å²) < 4.78 is 0. The van der Waals surface area contributed by atoms with E-state index < -0.39 is 0 Å². The summed E-state index contributed by atoms with van der Waals surface area (Å²) in [5, 5.41) is 1.21. The quantitative estimate of drug-likeness (QED) is 0.607. The molecule has 0 amide bonds. The number of para-hydroxylation sites is 1. The molecule has 3 aromatic rings. The molecule has 0 aliphatic heterocycles. The van der Waals surface area contributed by atoms with Gasteiger partial charge in [0.05, 0.1) is 16.9 Å². The molecule has 4 nitrogen and oxygen atoms in total. The molecule has 2 aromatic heterocycles. The topological polar surface area (TPSA) is 32.3 Å². The summed E-state index contributed by atoms with van der Waals surface area (Å²) in [6.07, 6.45) is 5.04. The molecule has 2 heterocycles. The number of aryl methyl sites for hydroxylation is 2. The first-order valence-corrected chi connectivity index (χ1v) is 10.7. The normalized spacial score (nSPS) is 19.6. The maximum Gasteiger partial charge on any atom is 0.0938 e. The van der Waals surface area contributed by atoms with Crippen molar-refractivity contribution < 1.29 is 0 Å². The number of nitrogens with zero attached hydrogens (tertiary/aromatic N) is 4. The second kappa shape index (κ2) is 8.50. The van der Waals surface area contributed by atoms with Crippen LogP contribution in [0.15, 0.2) is 48.5 Å². The van der Waals surface area contributed by atoms with E-state index in [4.69, 9.17) is 9.97 Å². The fraction of sp³-hybridized carbons (Fsp3) is 0.440. The molecule has 0 spiro atoms. The Morgan fingerprint density at radius 3 is 2.34 bits per heavy atom. The molecule has 0 radical (unpaired) electrons. The average Bonchev–Trinajstić information content (AvgIpc) is 2.73. The average molecular weight is 389 g/mol. The lowest BCUT2D eigenvalue weighted by Gasteiger charge is -2.43. The molecular weight excluding hydrogens is 356 g/mol. The fourth-order valence-corrected chi connectivity index (χ4v) is 4.81. The minimum Gasteiger partial charge on any atom is -0.368 e. The van der Waals surface area contributed by atoms with Crippen molar-refractivity contribution in [3.63, 3.8) is 0 Å². The second-order valence-corrected chi connectivity index (χ2v) is 8.52. The molecule has 1 aliphatic carbocycles. The van der Waals surface area contributed by atoms with Crippen LogP contribution in [0.2, 0.25) is 0 Å². The van der Waals surface area contributed by atoms with E-state index in [0.29, 0.717) is 12.1 Å². The van der Waals surface area contributed by atoms with Crippen LogP contribution in [0.1, 0.15) is 42.8 Å². The third-order valence-electron chi connectivity index (χ3n) is 6.33. The highest BCUT2D eigenvalue weighted by molar-refractivity contribution is 5.91. The van der Waals surface area contributed by atoms with Crippen molar-refractivity contribution >= 4 is 16.6 Å². The van der Waals surface area contributed by atoms with Gasteiger partial charge in [-0.25, -0.2) is 0 Å². The van der Waals surface area contributed by atoms with Crippen LogP contribution in [0.4, 0.5) is 5.69 Å². The summed E-state index contributed by atoms with van der Waals surface area (Å²) in [7, 11) is 4.51. The summed E-state index contributed by atoms with van der Waals surface area (Å²) in [6.45, 7) is 5.03. The zero-order valence-corrected chi connectivity index (χ0v) is 18.1. The minimum atomic E-state index is 0.478. The first kappa shape index (κ1) is 19.8. The molecule has 1 saturated carbocycles. The molecule has 0 bridgehead atoms. The van der Waals surface area contributed by atoms with E-state index in [1.165, 1.54) is 36.8 Å². The molecule has 1 fully saturated rings. The van der Waals surface area contributed by atoms with Crippen LogP contribution in [0.5, 0.6) is 0 Å². The van der Waals surface area contributed by atoms with Crippen molar-refractivity contribution in [1.82, 2.24) is 14.9 Å². The molecule has 2 unspecified atom stereocenters. The van der Waals surface area contributed by atoms with Crippen molar-refractivity contribution in [3.8, 4) is 0 Å². The van der Waals surface area contributed by atoms with Gasteiger partial charge in [-0.3, -0.25) is 14.9 Å². The Kier molecular flexibility index (Phi) is 5.81. The predicted octanol–water partition coefficient (Wildman–Crippen LogP) is 5.13. The van der Waals surface area contributed by atoms with E-state index >= 15 is 0 Å². The standard InChI is InChI=1S/C25H32N4/c1-18-9-7-11-21(26-18)17-28(3)22-12-5-6-13-23(22)29(4)24-14-8-10-20-16-15-19(2)27-25(20)24/h7-11,14-16,22-23H,5-6,12-13,17H2,1-4H3. The molecule has 1 aliphatic rings. The van der Waals surface area contributed by atoms with Gasteiger partial charge in [0.25, 0.3) is 0 Å². The zero-order valence-electron chi connectivity index (χ0n) is 18.1. The number of rotatable bonds is 5. The Morgan fingerprint density at radius 2 is 1.55 bits per heavy atom. The number of fused-ring (bicyclic) bond motifs is 1. The summed E-state index contributed by atoms with van der Waals surface area (Å²) >= 11 is 0. The molecular formula is C25H32N4. The number of aromatic nitrogens is 2. The third-order valence-corrected chi connectivity index (χ3v) is 6.33. The van der Waals surface area contributed by atoms with Crippen LogP contribution >= 0.6 is 0 Å². The number of benzene rings is 1. The Bertz CT molecular complexity index is 983. The van der Waals surface area contributed by atoms with Crippen LogP contribution in [0, 0.1) is 13.8 Å². The van der Waals surface area contributed by atoms with Crippen molar-refractivity contribution in [1.29, 1.82) is 0 Å². The number of hydrogen-bond acceptors (Lipinski definition) is 4. The molecule has 0 N–H and O–H groups in total. The van der Waals surface area contributed by atoms with Gasteiger partial charge in [0.15, 0.2) is 0 Å². The molecule has 29 heavy (non-hydrogen) atoms. The monoisotopic (exact) mass is 388 g/mol. The summed E-state index contributed by atoms with van der Waals surface area (Å²) in [4.78, 5) is 14.6. The second-order valence-electron chi connectivity index (χ2n) is 8.52. The summed E-state index contributed by atoms with van der Waals surface area (Å²) in [5.41, 5.74) is 5.67. The summed E-state index contributed by atoms with van der Waals surface area (Å²) in [6, 6.07) is 18.1. The van der Waals surface area contributed by atoms with Gasteiger partial charge in [-0.15, -0.1) is 0 Å². The van der Waals surface area contributed by atoms with Gasteiger partial charge in [0.1, 0.15) is 0 Å². The number of pyridine rings is 2. The van der Waals surface area contributed by atoms with Crippen LogP contribution in [-0.4, -0.2) is 41.0 Å². The van der Waals surface area contributed by atoms with E-state index in [-0.39, 0.29) is 0 Å². The van der Waals surface area contributed by atoms with Gasteiger partial charge in [0.2, 0.25) is 0 Å². The third kappa shape index (κ3) is 4.27. The number of anilines is 1. The first-order valence-electron chi connectivity index (χ1n) is 10.7. The highest BCUT2D eigenvalue weighted by atomic mass is 15.2. The molecule has 4 heteroatoms. The lowest BCUT2D eigenvalue weighted by Crippen LogP contribution is -2.51. The molecule has 0 saturated heterocycles. The van der Waals surface area contributed by atoms with E-state index in [0.717, 1.165) is 29.1 Å². The lowest BCUT2D eigenvalue weighted by atomic mass is 9.88. The Hall–Kier alpha value is -2.46. The van der Waals surface area contributed by atoms with E-state index in [1.807, 2.05) is 0 Å². The molecule has 1 aromatic carbocycles.